The van der Waals surface area contributed by atoms with Gasteiger partial charge in [-0.05, 0) is 19.1 Å². The highest BCUT2D eigenvalue weighted by atomic mass is 16.6. The lowest BCUT2D eigenvalue weighted by Crippen LogP contribution is -2.26. The monoisotopic (exact) mass is 212 g/mol. The summed E-state index contributed by atoms with van der Waals surface area (Å²) in [5.41, 5.74) is 5.62. The molecular weight excluding hydrogens is 200 g/mol. The van der Waals surface area contributed by atoms with Gasteiger partial charge < -0.3 is 15.6 Å². The summed E-state index contributed by atoms with van der Waals surface area (Å²) in [5, 5.41) is 19.3. The van der Waals surface area contributed by atoms with Crippen molar-refractivity contribution < 1.29 is 14.8 Å². The molecule has 82 valence electrons. The fourth-order valence-corrected chi connectivity index (χ4v) is 1.10. The number of hydrogen-bond donors (Lipinski definition) is 2. The fraction of sp³-hybridized carbons (Fsp3) is 0.333. The Hall–Kier alpha value is -1.66. The van der Waals surface area contributed by atoms with Crippen molar-refractivity contribution in [3.8, 4) is 5.75 Å². The summed E-state index contributed by atoms with van der Waals surface area (Å²) in [7, 11) is 0. The summed E-state index contributed by atoms with van der Waals surface area (Å²) < 4.78 is 5.09. The number of ether oxygens (including phenoxy) is 1. The largest absolute Gasteiger partial charge is 0.489 e. The van der Waals surface area contributed by atoms with Crippen LogP contribution >= 0.6 is 0 Å². The van der Waals surface area contributed by atoms with E-state index in [9.17, 15) is 10.1 Å². The van der Waals surface area contributed by atoms with Crippen LogP contribution in [-0.2, 0) is 0 Å². The number of nitrogens with two attached hydrogens (primary N) is 1. The molecule has 6 nitrogen and oxygen atoms in total. The maximum Gasteiger partial charge on any atom is 0.272 e. The fourth-order valence-electron chi connectivity index (χ4n) is 1.10. The molecule has 0 aliphatic rings. The maximum absolute atomic E-state index is 10.5. The highest BCUT2D eigenvalue weighted by Crippen LogP contribution is 2.22. The van der Waals surface area contributed by atoms with Crippen LogP contribution in [0.4, 0.5) is 5.69 Å². The lowest BCUT2D eigenvalue weighted by Gasteiger charge is -2.08. The van der Waals surface area contributed by atoms with Gasteiger partial charge in [-0.25, -0.2) is 0 Å². The second-order valence-electron chi connectivity index (χ2n) is 3.08. The number of benzene rings is 1. The summed E-state index contributed by atoms with van der Waals surface area (Å²) in [4.78, 5) is 10.0. The second kappa shape index (κ2) is 4.72. The van der Waals surface area contributed by atoms with Crippen molar-refractivity contribution in [2.75, 3.05) is 6.61 Å². The number of aliphatic hydroxyl groups is 1. The second-order valence-corrected chi connectivity index (χ2v) is 3.08. The van der Waals surface area contributed by atoms with Gasteiger partial charge in [0, 0.05) is 11.6 Å². The summed E-state index contributed by atoms with van der Waals surface area (Å²) >= 11 is 0. The Morgan fingerprint density at radius 1 is 1.67 bits per heavy atom. The molecule has 1 aromatic carbocycles. The van der Waals surface area contributed by atoms with E-state index >= 15 is 0 Å². The highest BCUT2D eigenvalue weighted by molar-refractivity contribution is 5.44. The van der Waals surface area contributed by atoms with Gasteiger partial charge >= 0.3 is 0 Å². The Morgan fingerprint density at radius 3 is 2.80 bits per heavy atom. The van der Waals surface area contributed by atoms with E-state index < -0.39 is 11.2 Å². The number of nitro benzene ring substituents is 1. The van der Waals surface area contributed by atoms with Crippen molar-refractivity contribution in [2.45, 2.75) is 13.2 Å². The van der Waals surface area contributed by atoms with Crippen LogP contribution in [0.1, 0.15) is 5.56 Å². The van der Waals surface area contributed by atoms with E-state index in [0.29, 0.717) is 11.3 Å². The van der Waals surface area contributed by atoms with Gasteiger partial charge in [0.25, 0.3) is 5.69 Å². The average Bonchev–Trinajstić information content (AvgIpc) is 2.14. The number of nitrogens with zero attached hydrogens (tertiary/aromatic N) is 1. The minimum absolute atomic E-state index is 0.0376. The first-order chi connectivity index (χ1) is 7.00. The molecule has 0 saturated carbocycles. The van der Waals surface area contributed by atoms with Crippen LogP contribution in [0, 0.1) is 17.0 Å². The molecule has 0 heterocycles. The van der Waals surface area contributed by atoms with Gasteiger partial charge in [0.2, 0.25) is 0 Å². The van der Waals surface area contributed by atoms with Crippen LogP contribution in [0.15, 0.2) is 18.2 Å². The zero-order valence-electron chi connectivity index (χ0n) is 8.21. The van der Waals surface area contributed by atoms with Gasteiger partial charge in [-0.3, -0.25) is 10.1 Å². The first-order valence-corrected chi connectivity index (χ1v) is 4.32. The third-order valence-electron chi connectivity index (χ3n) is 1.79. The Balaban J connectivity index is 2.78. The number of aliphatic hydroxyl groups excluding tert-OH is 1. The zero-order valence-corrected chi connectivity index (χ0v) is 8.21. The third kappa shape index (κ3) is 3.19. The SMILES string of the molecule is Cc1cc(OCC(N)O)ccc1[N+](=O)[O-]. The zero-order chi connectivity index (χ0) is 11.4. The Kier molecular flexibility index (Phi) is 3.59. The molecule has 15 heavy (non-hydrogen) atoms. The van der Waals surface area contributed by atoms with Crippen LogP contribution in [0.3, 0.4) is 0 Å². The number of hydrogen-bond acceptors (Lipinski definition) is 5. The van der Waals surface area contributed by atoms with Gasteiger partial charge in [0.15, 0.2) is 0 Å². The Bertz CT molecular complexity index is 365. The molecule has 0 spiro atoms. The topological polar surface area (TPSA) is 98.6 Å². The van der Waals surface area contributed by atoms with E-state index in [4.69, 9.17) is 15.6 Å². The lowest BCUT2D eigenvalue weighted by atomic mass is 10.2. The van der Waals surface area contributed by atoms with Crippen molar-refractivity contribution in [2.24, 2.45) is 5.73 Å². The van der Waals surface area contributed by atoms with Gasteiger partial charge in [0.1, 0.15) is 18.6 Å². The van der Waals surface area contributed by atoms with Gasteiger partial charge in [0.05, 0.1) is 4.92 Å². The van der Waals surface area contributed by atoms with E-state index in [1.165, 1.54) is 18.2 Å². The third-order valence-corrected chi connectivity index (χ3v) is 1.79. The van der Waals surface area contributed by atoms with E-state index in [0.717, 1.165) is 0 Å². The van der Waals surface area contributed by atoms with Crippen molar-refractivity contribution in [3.63, 3.8) is 0 Å². The van der Waals surface area contributed by atoms with Gasteiger partial charge in [-0.2, -0.15) is 0 Å². The van der Waals surface area contributed by atoms with Crippen LogP contribution < -0.4 is 10.5 Å². The normalized spacial score (nSPS) is 12.2. The van der Waals surface area contributed by atoms with Gasteiger partial charge in [-0.1, -0.05) is 0 Å². The summed E-state index contributed by atoms with van der Waals surface area (Å²) in [6.45, 7) is 1.57. The molecule has 1 atom stereocenters. The van der Waals surface area contributed by atoms with Gasteiger partial charge in [-0.15, -0.1) is 0 Å². The molecule has 0 fully saturated rings. The molecule has 0 amide bonds. The number of aryl methyl sites for hydroxylation is 1. The van der Waals surface area contributed by atoms with E-state index in [1.54, 1.807) is 6.92 Å². The first-order valence-electron chi connectivity index (χ1n) is 4.32. The molecule has 6 heteroatoms. The summed E-state index contributed by atoms with van der Waals surface area (Å²) in [6, 6.07) is 4.35. The molecule has 1 rings (SSSR count). The molecule has 0 aliphatic heterocycles. The smallest absolute Gasteiger partial charge is 0.272 e. The average molecular weight is 212 g/mol. The lowest BCUT2D eigenvalue weighted by molar-refractivity contribution is -0.385. The van der Waals surface area contributed by atoms with E-state index in [-0.39, 0.29) is 12.3 Å². The molecule has 3 N–H and O–H groups in total. The quantitative estimate of drug-likeness (QED) is 0.431. The predicted octanol–water partition coefficient (Wildman–Crippen LogP) is 0.559. The van der Waals surface area contributed by atoms with E-state index in [2.05, 4.69) is 0 Å². The molecule has 0 saturated heterocycles. The van der Waals surface area contributed by atoms with Crippen LogP contribution in [0.5, 0.6) is 5.75 Å². The minimum Gasteiger partial charge on any atom is -0.489 e. The highest BCUT2D eigenvalue weighted by Gasteiger charge is 2.10. The van der Waals surface area contributed by atoms with Crippen molar-refractivity contribution >= 4 is 5.69 Å². The van der Waals surface area contributed by atoms with Crippen LogP contribution in [-0.4, -0.2) is 22.9 Å². The van der Waals surface area contributed by atoms with Crippen LogP contribution in [0.2, 0.25) is 0 Å². The van der Waals surface area contributed by atoms with Crippen molar-refractivity contribution in [1.29, 1.82) is 0 Å². The molecule has 0 aliphatic carbocycles. The molecule has 0 radical (unpaired) electrons. The molecule has 1 unspecified atom stereocenters. The molecule has 1 aromatic rings. The maximum atomic E-state index is 10.5. The Labute approximate surface area is 86.4 Å². The van der Waals surface area contributed by atoms with E-state index in [1.807, 2.05) is 0 Å². The van der Waals surface area contributed by atoms with Crippen molar-refractivity contribution in [1.82, 2.24) is 0 Å². The standard InChI is InChI=1S/C9H12N2O4/c1-6-4-7(15-5-9(10)12)2-3-8(6)11(13)14/h2-4,9,12H,5,10H2,1H3. The summed E-state index contributed by atoms with van der Waals surface area (Å²) in [5.74, 6) is 0.447. The molecule has 0 bridgehead atoms. The predicted molar refractivity (Wildman–Crippen MR) is 53.5 cm³/mol. The number of nitro groups is 1. The molecule has 0 aromatic heterocycles. The number of rotatable bonds is 4. The Morgan fingerprint density at radius 2 is 2.33 bits per heavy atom. The van der Waals surface area contributed by atoms with Crippen LogP contribution in [0.25, 0.3) is 0 Å². The van der Waals surface area contributed by atoms with Crippen molar-refractivity contribution in [3.05, 3.63) is 33.9 Å². The summed E-state index contributed by atoms with van der Waals surface area (Å²) in [6.07, 6.45) is -1.06. The molecular formula is C9H12N2O4. The minimum atomic E-state index is -1.06. The first kappa shape index (κ1) is 11.4.